The van der Waals surface area contributed by atoms with E-state index in [1.165, 1.54) is 0 Å². The lowest BCUT2D eigenvalue weighted by Crippen LogP contribution is -2.50. The Morgan fingerprint density at radius 3 is 1.05 bits per heavy atom. The molecule has 1 nitrogen and oxygen atoms in total. The van der Waals surface area contributed by atoms with Gasteiger partial charge in [0.25, 0.3) is 16.6 Å². The molecule has 0 N–H and O–H groups in total. The summed E-state index contributed by atoms with van der Waals surface area (Å²) in [6, 6.07) is 0. The van der Waals surface area contributed by atoms with Crippen molar-refractivity contribution in [1.29, 1.82) is 0 Å². The van der Waals surface area contributed by atoms with Crippen LogP contribution in [0.4, 0.5) is 0 Å². The highest BCUT2D eigenvalue weighted by Gasteiger charge is 2.41. The second-order valence-corrected chi connectivity index (χ2v) is 10.9. The maximum Gasteiger partial charge on any atom is 0.262 e. The third-order valence-corrected chi connectivity index (χ3v) is 10.6. The minimum absolute atomic E-state index is 0.787. The van der Waals surface area contributed by atoms with Crippen molar-refractivity contribution in [2.24, 2.45) is 0 Å². The summed E-state index contributed by atoms with van der Waals surface area (Å²) in [7, 11) is -5.15. The fraction of sp³-hybridized carbons (Fsp3) is 0. The van der Waals surface area contributed by atoms with Crippen LogP contribution >= 0.6 is 0 Å². The van der Waals surface area contributed by atoms with E-state index in [9.17, 15) is 0 Å². The van der Waals surface area contributed by atoms with Crippen LogP contribution in [0, 0.1) is 0 Å². The first kappa shape index (κ1) is 17.3. The number of hydrogen-bond acceptors (Lipinski definition) is 1. The Hall–Kier alpha value is -1.69. The lowest BCUT2D eigenvalue weighted by Gasteiger charge is -2.36. The van der Waals surface area contributed by atoms with Gasteiger partial charge in [-0.15, -0.1) is 26.3 Å². The molecule has 3 heteroatoms. The van der Waals surface area contributed by atoms with E-state index in [-0.39, 0.29) is 0 Å². The summed E-state index contributed by atoms with van der Waals surface area (Å²) in [6.45, 7) is 31.0. The Morgan fingerprint density at radius 2 is 0.895 bits per heavy atom. The second-order valence-electron chi connectivity index (χ2n) is 3.96. The highest BCUT2D eigenvalue weighted by molar-refractivity contribution is 7.02. The van der Waals surface area contributed by atoms with Gasteiger partial charge in [-0.3, -0.25) is 0 Å². The molecular weight excluding hydrogens is 264 g/mol. The highest BCUT2D eigenvalue weighted by Crippen LogP contribution is 2.28. The van der Waals surface area contributed by atoms with Crippen LogP contribution in [0.25, 0.3) is 0 Å². The molecule has 19 heavy (non-hydrogen) atoms. The van der Waals surface area contributed by atoms with Gasteiger partial charge in [0.15, 0.2) is 0 Å². The Labute approximate surface area is 119 Å². The summed E-state index contributed by atoms with van der Waals surface area (Å²) < 4.78 is 6.39. The summed E-state index contributed by atoms with van der Waals surface area (Å²) in [6.07, 6.45) is 3.36. The monoisotopic (exact) mass is 286 g/mol. The average molecular weight is 287 g/mol. The fourth-order valence-electron chi connectivity index (χ4n) is 1.59. The molecule has 100 valence electrons. The van der Waals surface area contributed by atoms with Crippen LogP contribution in [0.15, 0.2) is 98.0 Å². The zero-order valence-electron chi connectivity index (χ0n) is 11.5. The molecule has 0 fully saturated rings. The summed E-state index contributed by atoms with van der Waals surface area (Å²) in [5.74, 6) is 0. The first-order chi connectivity index (χ1) is 8.91. The first-order valence-corrected chi connectivity index (χ1v) is 9.92. The minimum Gasteiger partial charge on any atom is -0.437 e. The molecule has 0 aromatic rings. The molecule has 0 rings (SSSR count). The Morgan fingerprint density at radius 1 is 0.632 bits per heavy atom. The predicted molar refractivity (Wildman–Crippen MR) is 92.1 cm³/mol. The van der Waals surface area contributed by atoms with Crippen molar-refractivity contribution in [1.82, 2.24) is 0 Å². The van der Waals surface area contributed by atoms with Crippen LogP contribution in [0.5, 0.6) is 0 Å². The summed E-state index contributed by atoms with van der Waals surface area (Å²) in [5.41, 5.74) is 7.09. The van der Waals surface area contributed by atoms with E-state index in [2.05, 4.69) is 52.6 Å². The SMILES string of the molecule is C=CC(=C)[Si](C=C)(C=C)O[Si](C=C)(C=C)C(=C)C=C. The summed E-state index contributed by atoms with van der Waals surface area (Å²) >= 11 is 0. The smallest absolute Gasteiger partial charge is 0.262 e. The molecule has 0 spiro atoms. The zero-order chi connectivity index (χ0) is 15.1. The van der Waals surface area contributed by atoms with E-state index >= 15 is 0 Å². The molecule has 0 bridgehead atoms. The van der Waals surface area contributed by atoms with Crippen molar-refractivity contribution >= 4 is 16.6 Å². The number of rotatable bonds is 10. The molecule has 0 saturated heterocycles. The quantitative estimate of drug-likeness (QED) is 0.428. The van der Waals surface area contributed by atoms with Gasteiger partial charge in [-0.1, -0.05) is 61.3 Å². The van der Waals surface area contributed by atoms with Gasteiger partial charge in [-0.2, -0.15) is 0 Å². The van der Waals surface area contributed by atoms with Gasteiger partial charge in [0, 0.05) is 0 Å². The molecule has 0 aliphatic heterocycles. The van der Waals surface area contributed by atoms with Gasteiger partial charge in [-0.05, 0) is 10.4 Å². The normalized spacial score (nSPS) is 10.9. The molecule has 0 aromatic carbocycles. The van der Waals surface area contributed by atoms with Crippen LogP contribution in [0.3, 0.4) is 0 Å². The first-order valence-electron chi connectivity index (χ1n) is 5.80. The van der Waals surface area contributed by atoms with Crippen molar-refractivity contribution in [3.63, 3.8) is 0 Å². The van der Waals surface area contributed by atoms with Gasteiger partial charge >= 0.3 is 0 Å². The van der Waals surface area contributed by atoms with Crippen LogP contribution in [-0.2, 0) is 4.12 Å². The van der Waals surface area contributed by atoms with E-state index in [0.29, 0.717) is 0 Å². The standard InChI is InChI=1S/C16H22OSi2/c1-9-15(7)18(11-3,12-4)17-19(13-5,14-6)16(8)10-2/h9-14H,1-8H2. The molecule has 0 unspecified atom stereocenters. The second kappa shape index (κ2) is 7.04. The Bertz CT molecular complexity index is 399. The largest absolute Gasteiger partial charge is 0.437 e. The van der Waals surface area contributed by atoms with E-state index < -0.39 is 16.6 Å². The van der Waals surface area contributed by atoms with Crippen molar-refractivity contribution in [2.75, 3.05) is 0 Å². The van der Waals surface area contributed by atoms with Crippen LogP contribution < -0.4 is 0 Å². The molecule has 0 amide bonds. The predicted octanol–water partition coefficient (Wildman–Crippen LogP) is 4.36. The minimum atomic E-state index is -2.58. The van der Waals surface area contributed by atoms with Gasteiger partial charge in [-0.25, -0.2) is 0 Å². The molecule has 0 aliphatic rings. The summed E-state index contributed by atoms with van der Waals surface area (Å²) in [5, 5.41) is 1.57. The molecule has 0 atom stereocenters. The highest BCUT2D eigenvalue weighted by atomic mass is 28.4. The van der Waals surface area contributed by atoms with Crippen molar-refractivity contribution in [3.05, 3.63) is 98.0 Å². The summed E-state index contributed by atoms with van der Waals surface area (Å²) in [4.78, 5) is 0. The Kier molecular flexibility index (Phi) is 6.41. The number of hydrogen-bond donors (Lipinski definition) is 0. The molecule has 0 heterocycles. The maximum atomic E-state index is 6.39. The van der Waals surface area contributed by atoms with Crippen LogP contribution in [-0.4, -0.2) is 16.6 Å². The van der Waals surface area contributed by atoms with Crippen LogP contribution in [0.2, 0.25) is 0 Å². The van der Waals surface area contributed by atoms with Gasteiger partial charge in [0.05, 0.1) is 0 Å². The van der Waals surface area contributed by atoms with E-state index in [4.69, 9.17) is 4.12 Å². The van der Waals surface area contributed by atoms with Crippen molar-refractivity contribution < 1.29 is 4.12 Å². The fourth-order valence-corrected chi connectivity index (χ4v) is 8.23. The van der Waals surface area contributed by atoms with E-state index in [1.807, 2.05) is 0 Å². The maximum absolute atomic E-state index is 6.39. The van der Waals surface area contributed by atoms with Gasteiger partial charge in [0.1, 0.15) is 0 Å². The third-order valence-electron chi connectivity index (χ3n) is 3.05. The molecule has 0 aromatic heterocycles. The molecule has 0 radical (unpaired) electrons. The van der Waals surface area contributed by atoms with Gasteiger partial charge < -0.3 is 4.12 Å². The Balaban J connectivity index is 5.90. The van der Waals surface area contributed by atoms with Crippen molar-refractivity contribution in [2.45, 2.75) is 0 Å². The number of allylic oxidation sites excluding steroid dienone is 4. The molecular formula is C16H22OSi2. The molecule has 0 aliphatic carbocycles. The topological polar surface area (TPSA) is 9.23 Å². The lowest BCUT2D eigenvalue weighted by molar-refractivity contribution is 0.588. The lowest BCUT2D eigenvalue weighted by atomic mass is 10.6. The third kappa shape index (κ3) is 3.20. The van der Waals surface area contributed by atoms with Crippen molar-refractivity contribution in [3.8, 4) is 0 Å². The van der Waals surface area contributed by atoms with E-state index in [0.717, 1.165) is 10.4 Å². The van der Waals surface area contributed by atoms with Crippen LogP contribution in [0.1, 0.15) is 0 Å². The average Bonchev–Trinajstić information content (AvgIpc) is 2.48. The zero-order valence-corrected chi connectivity index (χ0v) is 13.5. The van der Waals surface area contributed by atoms with Gasteiger partial charge in [0.2, 0.25) is 0 Å². The van der Waals surface area contributed by atoms with E-state index in [1.54, 1.807) is 34.9 Å². The molecule has 0 saturated carbocycles.